The minimum atomic E-state index is -1.44. The van der Waals surface area contributed by atoms with Crippen LogP contribution in [0.1, 0.15) is 28.4 Å². The Balaban J connectivity index is 2.02. The van der Waals surface area contributed by atoms with Gasteiger partial charge >= 0.3 is 5.97 Å². The van der Waals surface area contributed by atoms with Crippen LogP contribution in [0.3, 0.4) is 0 Å². The van der Waals surface area contributed by atoms with E-state index in [4.69, 9.17) is 16.7 Å². The molecule has 0 saturated heterocycles. The molecule has 0 saturated carbocycles. The molecule has 5 nitrogen and oxygen atoms in total. The Bertz CT molecular complexity index is 820. The molecule has 0 aliphatic carbocycles. The van der Waals surface area contributed by atoms with Crippen molar-refractivity contribution in [1.29, 1.82) is 0 Å². The van der Waals surface area contributed by atoms with Crippen LogP contribution in [0.4, 0.5) is 5.69 Å². The summed E-state index contributed by atoms with van der Waals surface area (Å²) < 4.78 is 12.4. The summed E-state index contributed by atoms with van der Waals surface area (Å²) >= 11 is 6.03. The molecule has 7 heteroatoms. The Morgan fingerprint density at radius 3 is 2.44 bits per heavy atom. The Morgan fingerprint density at radius 1 is 1.20 bits per heavy atom. The second-order valence-electron chi connectivity index (χ2n) is 5.57. The molecule has 2 aromatic rings. The molecule has 2 atom stereocenters. The largest absolute Gasteiger partial charge is 0.478 e. The maximum absolute atomic E-state index is 12.4. The van der Waals surface area contributed by atoms with E-state index in [2.05, 4.69) is 5.32 Å². The van der Waals surface area contributed by atoms with Crippen LogP contribution in [0.15, 0.2) is 42.5 Å². The Kier molecular flexibility index (Phi) is 6.33. The summed E-state index contributed by atoms with van der Waals surface area (Å²) in [4.78, 5) is 23.2. The van der Waals surface area contributed by atoms with E-state index in [1.54, 1.807) is 44.2 Å². The number of aromatic carboxylic acids is 1. The third-order valence-electron chi connectivity index (χ3n) is 3.80. The van der Waals surface area contributed by atoms with Gasteiger partial charge < -0.3 is 10.4 Å². The van der Waals surface area contributed by atoms with Crippen LogP contribution < -0.4 is 5.32 Å². The molecule has 2 rings (SSSR count). The van der Waals surface area contributed by atoms with Gasteiger partial charge in [0.25, 0.3) is 0 Å². The maximum Gasteiger partial charge on any atom is 0.335 e. The highest BCUT2D eigenvalue weighted by Gasteiger charge is 2.21. The van der Waals surface area contributed by atoms with Gasteiger partial charge in [-0.2, -0.15) is 0 Å². The zero-order valence-electron chi connectivity index (χ0n) is 13.8. The number of hydrogen-bond acceptors (Lipinski definition) is 3. The number of carbonyl (C=O) groups is 2. The first-order valence-corrected chi connectivity index (χ1v) is 9.31. The Labute approximate surface area is 153 Å². The minimum absolute atomic E-state index is 0.164. The monoisotopic (exact) mass is 379 g/mol. The van der Waals surface area contributed by atoms with Gasteiger partial charge in [-0.15, -0.1) is 0 Å². The lowest BCUT2D eigenvalue weighted by Crippen LogP contribution is -2.30. The fraction of sp³-hybridized carbons (Fsp3) is 0.222. The number of nitrogens with one attached hydrogen (secondary N) is 1. The SMILES string of the molecule is Cc1c(Cl)cccc1NC(=O)C(C)S(=O)Cc1ccc(C(=O)O)cc1. The first-order chi connectivity index (χ1) is 11.8. The zero-order valence-corrected chi connectivity index (χ0v) is 15.4. The smallest absolute Gasteiger partial charge is 0.335 e. The molecule has 2 aromatic carbocycles. The molecule has 1 amide bonds. The molecule has 0 heterocycles. The molecule has 2 N–H and O–H groups in total. The molecule has 0 fully saturated rings. The predicted octanol–water partition coefficient (Wildman–Crippen LogP) is 3.62. The van der Waals surface area contributed by atoms with Gasteiger partial charge in [-0.3, -0.25) is 9.00 Å². The van der Waals surface area contributed by atoms with Crippen molar-refractivity contribution in [2.24, 2.45) is 0 Å². The van der Waals surface area contributed by atoms with Gasteiger partial charge in [-0.1, -0.05) is 29.8 Å². The molecule has 2 unspecified atom stereocenters. The van der Waals surface area contributed by atoms with Crippen molar-refractivity contribution in [3.05, 3.63) is 64.2 Å². The third kappa shape index (κ3) is 4.90. The molecular weight excluding hydrogens is 362 g/mol. The summed E-state index contributed by atoms with van der Waals surface area (Å²) in [6, 6.07) is 11.3. The highest BCUT2D eigenvalue weighted by molar-refractivity contribution is 7.85. The Hall–Kier alpha value is -2.18. The van der Waals surface area contributed by atoms with Crippen LogP contribution >= 0.6 is 11.6 Å². The number of hydrogen-bond donors (Lipinski definition) is 2. The molecule has 0 aromatic heterocycles. The second kappa shape index (κ2) is 8.27. The van der Waals surface area contributed by atoms with Crippen LogP contribution in [-0.4, -0.2) is 26.4 Å². The van der Waals surface area contributed by atoms with Crippen molar-refractivity contribution in [2.75, 3.05) is 5.32 Å². The fourth-order valence-corrected chi connectivity index (χ4v) is 3.37. The van der Waals surface area contributed by atoms with E-state index < -0.39 is 22.0 Å². The van der Waals surface area contributed by atoms with Crippen molar-refractivity contribution < 1.29 is 18.9 Å². The standard InChI is InChI=1S/C18H18ClNO4S/c1-11-15(19)4-3-5-16(11)20-17(21)12(2)25(24)10-13-6-8-14(9-7-13)18(22)23/h3-9,12H,10H2,1-2H3,(H,20,21)(H,22,23). The summed E-state index contributed by atoms with van der Waals surface area (Å²) in [7, 11) is -1.44. The number of rotatable bonds is 6. The molecule has 25 heavy (non-hydrogen) atoms. The van der Waals surface area contributed by atoms with Crippen molar-refractivity contribution in [3.63, 3.8) is 0 Å². The summed E-state index contributed by atoms with van der Waals surface area (Å²) in [5, 5.41) is 11.4. The van der Waals surface area contributed by atoms with E-state index in [1.807, 2.05) is 0 Å². The topological polar surface area (TPSA) is 83.5 Å². The quantitative estimate of drug-likeness (QED) is 0.802. The van der Waals surface area contributed by atoms with Crippen LogP contribution in [0.2, 0.25) is 5.02 Å². The normalized spacial score (nSPS) is 13.1. The molecule has 0 bridgehead atoms. The molecular formula is C18H18ClNO4S. The number of carboxylic acids is 1. The lowest BCUT2D eigenvalue weighted by atomic mass is 10.1. The van der Waals surface area contributed by atoms with E-state index in [0.29, 0.717) is 16.3 Å². The number of amides is 1. The summed E-state index contributed by atoms with van der Waals surface area (Å²) in [6.07, 6.45) is 0. The lowest BCUT2D eigenvalue weighted by Gasteiger charge is -2.14. The summed E-state index contributed by atoms with van der Waals surface area (Å²) in [5.74, 6) is -1.20. The van der Waals surface area contributed by atoms with Crippen molar-refractivity contribution in [3.8, 4) is 0 Å². The van der Waals surface area contributed by atoms with Gasteiger partial charge in [0, 0.05) is 27.3 Å². The predicted molar refractivity (Wildman–Crippen MR) is 99.5 cm³/mol. The second-order valence-corrected chi connectivity index (χ2v) is 7.74. The average Bonchev–Trinajstić information content (AvgIpc) is 2.58. The van der Waals surface area contributed by atoms with E-state index in [9.17, 15) is 13.8 Å². The highest BCUT2D eigenvalue weighted by atomic mass is 35.5. The van der Waals surface area contributed by atoms with Crippen molar-refractivity contribution >= 4 is 40.0 Å². The third-order valence-corrected chi connectivity index (χ3v) is 5.83. The zero-order chi connectivity index (χ0) is 18.6. The van der Waals surface area contributed by atoms with Crippen LogP contribution in [0.25, 0.3) is 0 Å². The first-order valence-electron chi connectivity index (χ1n) is 7.55. The summed E-state index contributed by atoms with van der Waals surface area (Å²) in [5.41, 5.74) is 2.21. The highest BCUT2D eigenvalue weighted by Crippen LogP contribution is 2.23. The maximum atomic E-state index is 12.4. The molecule has 132 valence electrons. The van der Waals surface area contributed by atoms with Gasteiger partial charge in [0.1, 0.15) is 5.25 Å². The van der Waals surface area contributed by atoms with Gasteiger partial charge in [-0.05, 0) is 49.2 Å². The molecule has 0 aliphatic rings. The fourth-order valence-electron chi connectivity index (χ4n) is 2.13. The van der Waals surface area contributed by atoms with Crippen LogP contribution in [0, 0.1) is 6.92 Å². The number of carbonyl (C=O) groups excluding carboxylic acids is 1. The lowest BCUT2D eigenvalue weighted by molar-refractivity contribution is -0.115. The van der Waals surface area contributed by atoms with Gasteiger partial charge in [-0.25, -0.2) is 4.79 Å². The number of halogens is 1. The van der Waals surface area contributed by atoms with Gasteiger partial charge in [0.05, 0.1) is 5.56 Å². The van der Waals surface area contributed by atoms with Crippen LogP contribution in [0.5, 0.6) is 0 Å². The number of carboxylic acid groups (broad SMARTS) is 1. The van der Waals surface area contributed by atoms with E-state index in [-0.39, 0.29) is 17.2 Å². The number of anilines is 1. The number of benzene rings is 2. The molecule has 0 aliphatic heterocycles. The van der Waals surface area contributed by atoms with Crippen molar-refractivity contribution in [1.82, 2.24) is 0 Å². The summed E-state index contributed by atoms with van der Waals surface area (Å²) in [6.45, 7) is 3.39. The average molecular weight is 380 g/mol. The van der Waals surface area contributed by atoms with Gasteiger partial charge in [0.2, 0.25) is 5.91 Å². The molecule has 0 radical (unpaired) electrons. The van der Waals surface area contributed by atoms with Gasteiger partial charge in [0.15, 0.2) is 0 Å². The van der Waals surface area contributed by atoms with E-state index >= 15 is 0 Å². The van der Waals surface area contributed by atoms with E-state index in [1.165, 1.54) is 12.1 Å². The van der Waals surface area contributed by atoms with Crippen LogP contribution in [-0.2, 0) is 21.3 Å². The minimum Gasteiger partial charge on any atom is -0.478 e. The van der Waals surface area contributed by atoms with E-state index in [0.717, 1.165) is 5.56 Å². The van der Waals surface area contributed by atoms with Crippen molar-refractivity contribution in [2.45, 2.75) is 24.9 Å². The first kappa shape index (κ1) is 19.1. The molecule has 0 spiro atoms. The Morgan fingerprint density at radius 2 is 1.84 bits per heavy atom.